The third-order valence-corrected chi connectivity index (χ3v) is 4.30. The highest BCUT2D eigenvalue weighted by Gasteiger charge is 2.19. The van der Waals surface area contributed by atoms with Gasteiger partial charge in [-0.05, 0) is 54.7 Å². The monoisotopic (exact) mass is 372 g/mol. The summed E-state index contributed by atoms with van der Waals surface area (Å²) in [4.78, 5) is 24.2. The number of hydrogen-bond donors (Lipinski definition) is 0. The molecule has 0 aromatic heterocycles. The second-order valence-corrected chi connectivity index (χ2v) is 6.15. The summed E-state index contributed by atoms with van der Waals surface area (Å²) in [5.41, 5.74) is 4.19. The van der Waals surface area contributed by atoms with E-state index < -0.39 is 11.9 Å². The second-order valence-electron chi connectivity index (χ2n) is 6.15. The van der Waals surface area contributed by atoms with Crippen LogP contribution >= 0.6 is 0 Å². The molecule has 0 fully saturated rings. The van der Waals surface area contributed by atoms with Crippen molar-refractivity contribution < 1.29 is 28.5 Å². The van der Waals surface area contributed by atoms with E-state index >= 15 is 0 Å². The van der Waals surface area contributed by atoms with Crippen molar-refractivity contribution in [2.45, 2.75) is 20.3 Å². The normalized spacial score (nSPS) is 10.3. The lowest BCUT2D eigenvalue weighted by molar-refractivity contribution is 0.0588. The second kappa shape index (κ2) is 8.58. The third kappa shape index (κ3) is 4.22. The molecule has 6 heteroatoms. The number of carbonyl (C=O) groups is 2. The number of rotatable bonds is 6. The van der Waals surface area contributed by atoms with Gasteiger partial charge in [0.25, 0.3) is 0 Å². The van der Waals surface area contributed by atoms with Crippen LogP contribution in [0, 0.1) is 13.8 Å². The van der Waals surface area contributed by atoms with Crippen molar-refractivity contribution in [1.82, 2.24) is 0 Å². The lowest BCUT2D eigenvalue weighted by Crippen LogP contribution is -2.08. The maximum Gasteiger partial charge on any atom is 0.341 e. The van der Waals surface area contributed by atoms with Crippen LogP contribution in [0.1, 0.15) is 43.0 Å². The van der Waals surface area contributed by atoms with Crippen molar-refractivity contribution in [3.63, 3.8) is 0 Å². The predicted octanol–water partition coefficient (Wildman–Crippen LogP) is 3.48. The van der Waals surface area contributed by atoms with E-state index in [0.717, 1.165) is 22.3 Å². The summed E-state index contributed by atoms with van der Waals surface area (Å²) in [7, 11) is 5.70. The number of esters is 2. The van der Waals surface area contributed by atoms with E-state index in [1.54, 1.807) is 12.1 Å². The van der Waals surface area contributed by atoms with E-state index in [4.69, 9.17) is 18.9 Å². The van der Waals surface area contributed by atoms with Crippen LogP contribution in [0.4, 0.5) is 0 Å². The highest BCUT2D eigenvalue weighted by atomic mass is 16.5. The topological polar surface area (TPSA) is 71.1 Å². The number of aryl methyl sites for hydroxylation is 2. The molecule has 0 saturated carbocycles. The van der Waals surface area contributed by atoms with E-state index in [-0.39, 0.29) is 0 Å². The van der Waals surface area contributed by atoms with Gasteiger partial charge in [0.15, 0.2) is 0 Å². The molecule has 0 unspecified atom stereocenters. The molecule has 0 amide bonds. The largest absolute Gasteiger partial charge is 0.496 e. The molecule has 144 valence electrons. The van der Waals surface area contributed by atoms with Gasteiger partial charge in [0, 0.05) is 0 Å². The molecule has 2 aromatic carbocycles. The fourth-order valence-electron chi connectivity index (χ4n) is 3.20. The van der Waals surface area contributed by atoms with Crippen molar-refractivity contribution in [3.8, 4) is 11.5 Å². The van der Waals surface area contributed by atoms with E-state index in [1.165, 1.54) is 28.4 Å². The minimum Gasteiger partial charge on any atom is -0.496 e. The highest BCUT2D eigenvalue weighted by molar-refractivity contribution is 5.94. The zero-order valence-corrected chi connectivity index (χ0v) is 16.5. The summed E-state index contributed by atoms with van der Waals surface area (Å²) >= 11 is 0. The number of benzene rings is 2. The molecule has 0 bridgehead atoms. The molecule has 0 spiro atoms. The first kappa shape index (κ1) is 20.3. The average Bonchev–Trinajstić information content (AvgIpc) is 2.65. The van der Waals surface area contributed by atoms with Crippen molar-refractivity contribution in [3.05, 3.63) is 57.6 Å². The summed E-state index contributed by atoms with van der Waals surface area (Å²) in [5.74, 6) is 0.0643. The number of carbonyl (C=O) groups excluding carboxylic acids is 2. The molecule has 0 aliphatic carbocycles. The molecular formula is C21H24O6. The number of methoxy groups -OCH3 is 4. The maximum atomic E-state index is 12.1. The van der Waals surface area contributed by atoms with Gasteiger partial charge >= 0.3 is 11.9 Å². The van der Waals surface area contributed by atoms with Gasteiger partial charge in [0.1, 0.15) is 22.6 Å². The van der Waals surface area contributed by atoms with Crippen molar-refractivity contribution >= 4 is 11.9 Å². The van der Waals surface area contributed by atoms with Crippen LogP contribution in [0.25, 0.3) is 0 Å². The average molecular weight is 372 g/mol. The van der Waals surface area contributed by atoms with Gasteiger partial charge < -0.3 is 18.9 Å². The van der Waals surface area contributed by atoms with Gasteiger partial charge in [-0.15, -0.1) is 0 Å². The lowest BCUT2D eigenvalue weighted by atomic mass is 9.96. The summed E-state index contributed by atoms with van der Waals surface area (Å²) in [6, 6.07) is 7.38. The Balaban J connectivity index is 2.51. The Hall–Kier alpha value is -3.02. The molecule has 0 atom stereocenters. The zero-order chi connectivity index (χ0) is 20.1. The van der Waals surface area contributed by atoms with Crippen LogP contribution in [0.2, 0.25) is 0 Å². The Labute approximate surface area is 159 Å². The molecule has 6 nitrogen and oxygen atoms in total. The maximum absolute atomic E-state index is 12.1. The summed E-state index contributed by atoms with van der Waals surface area (Å²) < 4.78 is 20.4. The molecule has 0 aliphatic rings. The van der Waals surface area contributed by atoms with Gasteiger partial charge in [0.2, 0.25) is 0 Å². The first-order valence-electron chi connectivity index (χ1n) is 8.37. The molecule has 0 radical (unpaired) electrons. The SMILES string of the molecule is COC(=O)c1cc(Cc2cc(C)c(OC)c(C(=O)OC)c2)cc(C)c1OC. The van der Waals surface area contributed by atoms with Gasteiger partial charge in [-0.1, -0.05) is 12.1 Å². The molecule has 0 aliphatic heterocycles. The van der Waals surface area contributed by atoms with Crippen LogP contribution in [-0.4, -0.2) is 40.4 Å². The quantitative estimate of drug-likeness (QED) is 0.723. The van der Waals surface area contributed by atoms with Crippen LogP contribution in [0.15, 0.2) is 24.3 Å². The van der Waals surface area contributed by atoms with E-state index in [1.807, 2.05) is 26.0 Å². The smallest absolute Gasteiger partial charge is 0.341 e. The Morgan fingerprint density at radius 2 is 1.07 bits per heavy atom. The molecule has 0 heterocycles. The molecule has 2 aromatic rings. The molecule has 0 N–H and O–H groups in total. The molecule has 2 rings (SSSR count). The lowest BCUT2D eigenvalue weighted by Gasteiger charge is -2.15. The number of ether oxygens (including phenoxy) is 4. The van der Waals surface area contributed by atoms with Gasteiger partial charge in [-0.25, -0.2) is 9.59 Å². The summed E-state index contributed by atoms with van der Waals surface area (Å²) in [6.07, 6.45) is 0.518. The molecule has 27 heavy (non-hydrogen) atoms. The Bertz CT molecular complexity index is 798. The molecule has 0 saturated heterocycles. The van der Waals surface area contributed by atoms with E-state index in [9.17, 15) is 9.59 Å². The first-order chi connectivity index (χ1) is 12.9. The third-order valence-electron chi connectivity index (χ3n) is 4.30. The van der Waals surface area contributed by atoms with Crippen molar-refractivity contribution in [2.24, 2.45) is 0 Å². The fourth-order valence-corrected chi connectivity index (χ4v) is 3.20. The Morgan fingerprint density at radius 3 is 1.37 bits per heavy atom. The summed E-state index contributed by atoms with van der Waals surface area (Å²) in [6.45, 7) is 3.74. The van der Waals surface area contributed by atoms with E-state index in [0.29, 0.717) is 29.0 Å². The first-order valence-corrected chi connectivity index (χ1v) is 8.37. The van der Waals surface area contributed by atoms with Crippen molar-refractivity contribution in [1.29, 1.82) is 0 Å². The minimum atomic E-state index is -0.460. The van der Waals surface area contributed by atoms with E-state index in [2.05, 4.69) is 0 Å². The zero-order valence-electron chi connectivity index (χ0n) is 16.5. The predicted molar refractivity (Wildman–Crippen MR) is 101 cm³/mol. The van der Waals surface area contributed by atoms with Crippen LogP contribution in [0.5, 0.6) is 11.5 Å². The minimum absolute atomic E-state index is 0.369. The standard InChI is InChI=1S/C21H24O6/c1-12-7-14(10-16(18(12)24-3)20(22)26-5)9-15-8-13(2)19(25-4)17(11-15)21(23)27-6/h7-8,10-11H,9H2,1-6H3. The van der Waals surface area contributed by atoms with Crippen molar-refractivity contribution in [2.75, 3.05) is 28.4 Å². The fraction of sp³-hybridized carbons (Fsp3) is 0.333. The molecular weight excluding hydrogens is 348 g/mol. The highest BCUT2D eigenvalue weighted by Crippen LogP contribution is 2.30. The van der Waals surface area contributed by atoms with Gasteiger partial charge in [-0.2, -0.15) is 0 Å². The van der Waals surface area contributed by atoms with Crippen LogP contribution in [0.3, 0.4) is 0 Å². The number of hydrogen-bond acceptors (Lipinski definition) is 6. The van der Waals surface area contributed by atoms with Gasteiger partial charge in [-0.3, -0.25) is 0 Å². The van der Waals surface area contributed by atoms with Crippen LogP contribution in [-0.2, 0) is 15.9 Å². The van der Waals surface area contributed by atoms with Crippen LogP contribution < -0.4 is 9.47 Å². The Morgan fingerprint density at radius 1 is 0.704 bits per heavy atom. The summed E-state index contributed by atoms with van der Waals surface area (Å²) in [5, 5.41) is 0. The Kier molecular flexibility index (Phi) is 6.45. The van der Waals surface area contributed by atoms with Gasteiger partial charge in [0.05, 0.1) is 28.4 Å².